The maximum Gasteiger partial charge on any atom is 0.416 e. The van der Waals surface area contributed by atoms with E-state index in [1.807, 2.05) is 0 Å². The summed E-state index contributed by atoms with van der Waals surface area (Å²) in [6.45, 7) is 3.58. The predicted molar refractivity (Wildman–Crippen MR) is 91.4 cm³/mol. The van der Waals surface area contributed by atoms with Gasteiger partial charge in [-0.2, -0.15) is 13.2 Å². The second kappa shape index (κ2) is 7.92. The highest BCUT2D eigenvalue weighted by atomic mass is 32.2. The number of thioether (sulfide) groups is 1. The van der Waals surface area contributed by atoms with Crippen LogP contribution in [0.25, 0.3) is 0 Å². The first-order chi connectivity index (χ1) is 11.4. The highest BCUT2D eigenvalue weighted by Gasteiger charge is 2.31. The average Bonchev–Trinajstić information content (AvgIpc) is 2.53. The second-order valence-corrected chi connectivity index (χ2v) is 5.82. The van der Waals surface area contributed by atoms with Gasteiger partial charge in [0.2, 0.25) is 0 Å². The largest absolute Gasteiger partial charge is 0.416 e. The van der Waals surface area contributed by atoms with Gasteiger partial charge in [-0.1, -0.05) is 24.3 Å². The summed E-state index contributed by atoms with van der Waals surface area (Å²) in [6, 6.07) is 11.3. The first-order valence-electron chi connectivity index (χ1n) is 6.98. The first kappa shape index (κ1) is 17.9. The Morgan fingerprint density at radius 1 is 1.12 bits per heavy atom. The molecule has 0 atom stereocenters. The van der Waals surface area contributed by atoms with E-state index in [-0.39, 0.29) is 5.69 Å². The van der Waals surface area contributed by atoms with E-state index in [1.54, 1.807) is 36.4 Å². The van der Waals surface area contributed by atoms with Crippen LogP contribution in [0.3, 0.4) is 0 Å². The SMILES string of the molecule is C=CCSc1ccc(C(F)(F)F)cc1NC(=O)Nc1ccccc1. The van der Waals surface area contributed by atoms with Crippen LogP contribution < -0.4 is 10.6 Å². The van der Waals surface area contributed by atoms with Gasteiger partial charge in [0.25, 0.3) is 0 Å². The lowest BCUT2D eigenvalue weighted by molar-refractivity contribution is -0.137. The number of para-hydroxylation sites is 1. The van der Waals surface area contributed by atoms with Crippen molar-refractivity contribution in [3.8, 4) is 0 Å². The number of carbonyl (C=O) groups excluding carboxylic acids is 1. The second-order valence-electron chi connectivity index (χ2n) is 4.75. The molecule has 7 heteroatoms. The fourth-order valence-corrected chi connectivity index (χ4v) is 2.61. The van der Waals surface area contributed by atoms with E-state index in [0.29, 0.717) is 16.3 Å². The molecule has 0 saturated heterocycles. The fourth-order valence-electron chi connectivity index (χ4n) is 1.88. The maximum absolute atomic E-state index is 12.9. The van der Waals surface area contributed by atoms with E-state index in [1.165, 1.54) is 17.8 Å². The molecule has 0 radical (unpaired) electrons. The first-order valence-corrected chi connectivity index (χ1v) is 7.96. The molecular formula is C17H15F3N2OS. The minimum absolute atomic E-state index is 0.102. The van der Waals surface area contributed by atoms with Crippen LogP contribution in [-0.4, -0.2) is 11.8 Å². The molecule has 2 rings (SSSR count). The fraction of sp³-hybridized carbons (Fsp3) is 0.118. The molecule has 0 fully saturated rings. The summed E-state index contributed by atoms with van der Waals surface area (Å²) in [6.07, 6.45) is -2.84. The molecule has 0 aliphatic carbocycles. The third-order valence-electron chi connectivity index (χ3n) is 2.94. The summed E-state index contributed by atoms with van der Waals surface area (Å²) in [5.41, 5.74) is -0.173. The van der Waals surface area contributed by atoms with Crippen molar-refractivity contribution in [3.63, 3.8) is 0 Å². The Hall–Kier alpha value is -2.41. The topological polar surface area (TPSA) is 41.1 Å². The highest BCUT2D eigenvalue weighted by Crippen LogP contribution is 2.35. The number of urea groups is 1. The predicted octanol–water partition coefficient (Wildman–Crippen LogP) is 5.63. The number of hydrogen-bond donors (Lipinski definition) is 2. The number of halogens is 3. The van der Waals surface area contributed by atoms with Crippen LogP contribution in [-0.2, 0) is 6.18 Å². The van der Waals surface area contributed by atoms with E-state index >= 15 is 0 Å². The van der Waals surface area contributed by atoms with E-state index in [2.05, 4.69) is 17.2 Å². The smallest absolute Gasteiger partial charge is 0.308 e. The Kier molecular flexibility index (Phi) is 5.92. The van der Waals surface area contributed by atoms with Gasteiger partial charge in [0.1, 0.15) is 0 Å². The number of alkyl halides is 3. The standard InChI is InChI=1S/C17H15F3N2OS/c1-2-10-24-15-9-8-12(17(18,19)20)11-14(15)22-16(23)21-13-6-4-3-5-7-13/h2-9,11H,1,10H2,(H2,21,22,23). The van der Waals surface area contributed by atoms with Crippen molar-refractivity contribution in [3.05, 3.63) is 66.7 Å². The van der Waals surface area contributed by atoms with Gasteiger partial charge in [-0.3, -0.25) is 0 Å². The molecule has 0 spiro atoms. The normalized spacial score (nSPS) is 11.0. The molecule has 0 aliphatic rings. The molecule has 3 nitrogen and oxygen atoms in total. The lowest BCUT2D eigenvalue weighted by atomic mass is 10.2. The number of rotatable bonds is 5. The minimum Gasteiger partial charge on any atom is -0.308 e. The Morgan fingerprint density at radius 3 is 2.46 bits per heavy atom. The third-order valence-corrected chi connectivity index (χ3v) is 4.01. The van der Waals surface area contributed by atoms with Crippen molar-refractivity contribution in [2.75, 3.05) is 16.4 Å². The van der Waals surface area contributed by atoms with Crippen molar-refractivity contribution in [1.29, 1.82) is 0 Å². The zero-order chi connectivity index (χ0) is 17.6. The Balaban J connectivity index is 2.21. The van der Waals surface area contributed by atoms with Crippen molar-refractivity contribution < 1.29 is 18.0 Å². The number of amides is 2. The van der Waals surface area contributed by atoms with Crippen LogP contribution in [0.5, 0.6) is 0 Å². The molecule has 2 N–H and O–H groups in total. The van der Waals surface area contributed by atoms with Crippen molar-refractivity contribution >= 4 is 29.2 Å². The molecule has 2 aromatic rings. The quantitative estimate of drug-likeness (QED) is 0.541. The monoisotopic (exact) mass is 352 g/mol. The van der Waals surface area contributed by atoms with Crippen molar-refractivity contribution in [2.24, 2.45) is 0 Å². The van der Waals surface area contributed by atoms with Gasteiger partial charge >= 0.3 is 12.2 Å². The van der Waals surface area contributed by atoms with Gasteiger partial charge in [-0.25, -0.2) is 4.79 Å². The van der Waals surface area contributed by atoms with E-state index in [0.717, 1.165) is 12.1 Å². The van der Waals surface area contributed by atoms with Crippen LogP contribution in [0.2, 0.25) is 0 Å². The van der Waals surface area contributed by atoms with Gasteiger partial charge in [0.05, 0.1) is 11.3 Å². The van der Waals surface area contributed by atoms with Crippen LogP contribution in [0.4, 0.5) is 29.3 Å². The van der Waals surface area contributed by atoms with Gasteiger partial charge in [0, 0.05) is 16.3 Å². The molecule has 2 amide bonds. The molecule has 2 aromatic carbocycles. The molecule has 126 valence electrons. The highest BCUT2D eigenvalue weighted by molar-refractivity contribution is 7.99. The maximum atomic E-state index is 12.9. The molecule has 0 bridgehead atoms. The lowest BCUT2D eigenvalue weighted by Gasteiger charge is -2.14. The average molecular weight is 352 g/mol. The zero-order valence-corrected chi connectivity index (χ0v) is 13.4. The van der Waals surface area contributed by atoms with Crippen LogP contribution >= 0.6 is 11.8 Å². The Morgan fingerprint density at radius 2 is 1.83 bits per heavy atom. The molecule has 0 aromatic heterocycles. The summed E-state index contributed by atoms with van der Waals surface area (Å²) >= 11 is 1.29. The van der Waals surface area contributed by atoms with Gasteiger partial charge in [-0.05, 0) is 30.3 Å². The van der Waals surface area contributed by atoms with Crippen LogP contribution in [0.1, 0.15) is 5.56 Å². The van der Waals surface area contributed by atoms with Gasteiger partial charge in [0.15, 0.2) is 0 Å². The van der Waals surface area contributed by atoms with Crippen LogP contribution in [0.15, 0.2) is 66.1 Å². The van der Waals surface area contributed by atoms with Crippen molar-refractivity contribution in [1.82, 2.24) is 0 Å². The Labute approximate surface area is 142 Å². The minimum atomic E-state index is -4.48. The number of carbonyl (C=O) groups is 1. The summed E-state index contributed by atoms with van der Waals surface area (Å²) in [5, 5.41) is 5.05. The molecule has 0 aliphatic heterocycles. The molecule has 0 saturated carbocycles. The number of hydrogen-bond acceptors (Lipinski definition) is 2. The van der Waals surface area contributed by atoms with E-state index < -0.39 is 17.8 Å². The lowest BCUT2D eigenvalue weighted by Crippen LogP contribution is -2.20. The molecule has 0 unspecified atom stereocenters. The van der Waals surface area contributed by atoms with Crippen molar-refractivity contribution in [2.45, 2.75) is 11.1 Å². The van der Waals surface area contributed by atoms with E-state index in [9.17, 15) is 18.0 Å². The number of nitrogens with one attached hydrogen (secondary N) is 2. The summed E-state index contributed by atoms with van der Waals surface area (Å²) < 4.78 is 38.7. The van der Waals surface area contributed by atoms with E-state index in [4.69, 9.17) is 0 Å². The number of anilines is 2. The third kappa shape index (κ3) is 5.06. The van der Waals surface area contributed by atoms with Crippen LogP contribution in [0, 0.1) is 0 Å². The van der Waals surface area contributed by atoms with Gasteiger partial charge < -0.3 is 10.6 Å². The number of benzene rings is 2. The summed E-state index contributed by atoms with van der Waals surface area (Å²) in [4.78, 5) is 12.6. The Bertz CT molecular complexity index is 718. The molecule has 24 heavy (non-hydrogen) atoms. The summed E-state index contributed by atoms with van der Waals surface area (Å²) in [7, 11) is 0. The zero-order valence-electron chi connectivity index (χ0n) is 12.6. The molecule has 0 heterocycles. The molecular weight excluding hydrogens is 337 g/mol. The summed E-state index contributed by atoms with van der Waals surface area (Å²) in [5.74, 6) is 0.514. The van der Waals surface area contributed by atoms with Gasteiger partial charge in [-0.15, -0.1) is 18.3 Å².